The van der Waals surface area contributed by atoms with Crippen LogP contribution in [0.25, 0.3) is 10.8 Å². The van der Waals surface area contributed by atoms with E-state index in [0.29, 0.717) is 5.75 Å². The highest BCUT2D eigenvalue weighted by molar-refractivity contribution is 5.87. The van der Waals surface area contributed by atoms with E-state index in [4.69, 9.17) is 0 Å². The number of likely N-dealkylation sites (N-methyl/N-ethyl adjacent to an activating group) is 1. The van der Waals surface area contributed by atoms with Gasteiger partial charge in [0.2, 0.25) is 0 Å². The Labute approximate surface area is 120 Å². The van der Waals surface area contributed by atoms with Crippen LogP contribution in [0, 0.1) is 0 Å². The summed E-state index contributed by atoms with van der Waals surface area (Å²) in [6.07, 6.45) is 0. The molecule has 1 aliphatic rings. The summed E-state index contributed by atoms with van der Waals surface area (Å²) in [6.45, 7) is 9.32. The van der Waals surface area contributed by atoms with Gasteiger partial charge in [-0.25, -0.2) is 0 Å². The van der Waals surface area contributed by atoms with E-state index in [0.717, 1.165) is 12.1 Å². The predicted molar refractivity (Wildman–Crippen MR) is 81.3 cm³/mol. The van der Waals surface area contributed by atoms with Crippen molar-refractivity contribution in [2.75, 3.05) is 32.7 Å². The van der Waals surface area contributed by atoms with Crippen LogP contribution in [0.5, 0.6) is 5.75 Å². The minimum atomic E-state index is 0.446. The Morgan fingerprint density at radius 1 is 0.950 bits per heavy atom. The van der Waals surface area contributed by atoms with Gasteiger partial charge in [0, 0.05) is 0 Å². The molecule has 0 amide bonds. The van der Waals surface area contributed by atoms with Crippen LogP contribution in [-0.2, 0) is 6.54 Å². The summed E-state index contributed by atoms with van der Waals surface area (Å²) in [7, 11) is 0. The number of quaternary nitrogens is 2. The number of hydrogen-bond acceptors (Lipinski definition) is 1. The fraction of sp³-hybridized carbons (Fsp3) is 0.412. The summed E-state index contributed by atoms with van der Waals surface area (Å²) >= 11 is 0. The maximum atomic E-state index is 10.2. The Morgan fingerprint density at radius 3 is 2.40 bits per heavy atom. The Kier molecular flexibility index (Phi) is 3.90. The van der Waals surface area contributed by atoms with Gasteiger partial charge in [-0.2, -0.15) is 0 Å². The Balaban J connectivity index is 1.82. The van der Waals surface area contributed by atoms with Gasteiger partial charge in [-0.1, -0.05) is 30.3 Å². The van der Waals surface area contributed by atoms with Gasteiger partial charge in [0.25, 0.3) is 0 Å². The third-order valence-corrected chi connectivity index (χ3v) is 4.61. The van der Waals surface area contributed by atoms with Crippen LogP contribution >= 0.6 is 0 Å². The predicted octanol–water partition coefficient (Wildman–Crippen LogP) is -0.151. The summed E-state index contributed by atoms with van der Waals surface area (Å²) < 4.78 is 0. The van der Waals surface area contributed by atoms with Gasteiger partial charge >= 0.3 is 0 Å². The van der Waals surface area contributed by atoms with E-state index in [9.17, 15) is 5.11 Å². The van der Waals surface area contributed by atoms with E-state index in [1.165, 1.54) is 43.5 Å². The van der Waals surface area contributed by atoms with Gasteiger partial charge in [-0.3, -0.25) is 0 Å². The molecule has 1 heterocycles. The van der Waals surface area contributed by atoms with Gasteiger partial charge in [0.05, 0.1) is 12.1 Å². The second-order valence-corrected chi connectivity index (χ2v) is 5.81. The van der Waals surface area contributed by atoms with E-state index in [1.54, 1.807) is 9.80 Å². The second-order valence-electron chi connectivity index (χ2n) is 5.81. The summed E-state index contributed by atoms with van der Waals surface area (Å²) in [4.78, 5) is 3.30. The molecule has 1 aliphatic heterocycles. The van der Waals surface area contributed by atoms with Crippen LogP contribution in [0.4, 0.5) is 0 Å². The van der Waals surface area contributed by atoms with Crippen molar-refractivity contribution in [2.45, 2.75) is 13.5 Å². The molecule has 1 fully saturated rings. The first-order chi connectivity index (χ1) is 9.78. The number of piperazine rings is 1. The summed E-state index contributed by atoms with van der Waals surface area (Å²) in [6, 6.07) is 12.2. The van der Waals surface area contributed by atoms with E-state index in [2.05, 4.69) is 31.2 Å². The fourth-order valence-corrected chi connectivity index (χ4v) is 3.25. The minimum absolute atomic E-state index is 0.446. The zero-order valence-electron chi connectivity index (χ0n) is 12.2. The molecule has 3 rings (SSSR count). The lowest BCUT2D eigenvalue weighted by Crippen LogP contribution is -3.27. The van der Waals surface area contributed by atoms with Crippen molar-refractivity contribution in [2.24, 2.45) is 0 Å². The first-order valence-corrected chi connectivity index (χ1v) is 7.64. The lowest BCUT2D eigenvalue weighted by Gasteiger charge is -2.29. The largest absolute Gasteiger partial charge is 0.507 e. The Morgan fingerprint density at radius 2 is 1.65 bits per heavy atom. The topological polar surface area (TPSA) is 29.1 Å². The smallest absolute Gasteiger partial charge is 0.127 e. The lowest BCUT2D eigenvalue weighted by molar-refractivity contribution is -1.02. The summed E-state index contributed by atoms with van der Waals surface area (Å²) in [5.41, 5.74) is 1.11. The SMILES string of the molecule is CC[NH+]1CC[NH+](Cc2c(O)ccc3ccccc23)CC1. The summed E-state index contributed by atoms with van der Waals surface area (Å²) in [5.74, 6) is 0.446. The normalized spacial score (nSPS) is 23.1. The van der Waals surface area contributed by atoms with Crippen LogP contribution in [0.15, 0.2) is 36.4 Å². The number of nitrogens with one attached hydrogen (secondary N) is 2. The average Bonchev–Trinajstić information content (AvgIpc) is 2.51. The van der Waals surface area contributed by atoms with E-state index < -0.39 is 0 Å². The van der Waals surface area contributed by atoms with Crippen LogP contribution in [0.1, 0.15) is 12.5 Å². The molecule has 0 spiro atoms. The molecule has 3 heteroatoms. The number of fused-ring (bicyclic) bond motifs is 1. The first kappa shape index (κ1) is 13.4. The van der Waals surface area contributed by atoms with Crippen molar-refractivity contribution < 1.29 is 14.9 Å². The zero-order chi connectivity index (χ0) is 13.9. The molecule has 0 radical (unpaired) electrons. The van der Waals surface area contributed by atoms with Crippen molar-refractivity contribution in [1.82, 2.24) is 0 Å². The Hall–Kier alpha value is -1.58. The minimum Gasteiger partial charge on any atom is -0.507 e. The van der Waals surface area contributed by atoms with Crippen molar-refractivity contribution in [3.05, 3.63) is 42.0 Å². The first-order valence-electron chi connectivity index (χ1n) is 7.64. The van der Waals surface area contributed by atoms with Crippen LogP contribution in [0.3, 0.4) is 0 Å². The van der Waals surface area contributed by atoms with Gasteiger partial charge in [-0.05, 0) is 23.8 Å². The molecule has 0 aromatic heterocycles. The van der Waals surface area contributed by atoms with Crippen molar-refractivity contribution >= 4 is 10.8 Å². The van der Waals surface area contributed by atoms with E-state index in [1.807, 2.05) is 12.1 Å². The quantitative estimate of drug-likeness (QED) is 0.713. The molecule has 0 bridgehead atoms. The van der Waals surface area contributed by atoms with Crippen LogP contribution < -0.4 is 9.80 Å². The molecule has 3 N–H and O–H groups in total. The molecule has 0 saturated carbocycles. The standard InChI is InChI=1S/C17H22N2O/c1-2-18-9-11-19(12-10-18)13-16-15-6-4-3-5-14(15)7-8-17(16)20/h3-8,20H,2,9-13H2,1H3/p+2. The number of rotatable bonds is 3. The van der Waals surface area contributed by atoms with Gasteiger partial charge < -0.3 is 14.9 Å². The van der Waals surface area contributed by atoms with Crippen molar-refractivity contribution in [1.29, 1.82) is 0 Å². The monoisotopic (exact) mass is 272 g/mol. The number of hydrogen-bond donors (Lipinski definition) is 3. The van der Waals surface area contributed by atoms with E-state index in [-0.39, 0.29) is 0 Å². The number of aromatic hydroxyl groups is 1. The van der Waals surface area contributed by atoms with Gasteiger partial charge in [-0.15, -0.1) is 0 Å². The second kappa shape index (κ2) is 5.81. The lowest BCUT2D eigenvalue weighted by atomic mass is 10.0. The van der Waals surface area contributed by atoms with Crippen LogP contribution in [-0.4, -0.2) is 37.8 Å². The highest BCUT2D eigenvalue weighted by Crippen LogP contribution is 2.26. The molecule has 0 unspecified atom stereocenters. The average molecular weight is 272 g/mol. The number of phenolic OH excluding ortho intramolecular Hbond substituents is 1. The molecular weight excluding hydrogens is 248 g/mol. The Bertz CT molecular complexity index is 589. The highest BCUT2D eigenvalue weighted by atomic mass is 16.3. The van der Waals surface area contributed by atoms with Crippen molar-refractivity contribution in [3.8, 4) is 5.75 Å². The maximum Gasteiger partial charge on any atom is 0.127 e. The molecule has 2 aromatic rings. The molecule has 3 nitrogen and oxygen atoms in total. The fourth-order valence-electron chi connectivity index (χ4n) is 3.25. The molecule has 106 valence electrons. The summed E-state index contributed by atoms with van der Waals surface area (Å²) in [5, 5.41) is 12.6. The molecule has 2 aromatic carbocycles. The maximum absolute atomic E-state index is 10.2. The van der Waals surface area contributed by atoms with Gasteiger partial charge in [0.1, 0.15) is 38.5 Å². The molecule has 20 heavy (non-hydrogen) atoms. The molecule has 0 aliphatic carbocycles. The number of benzene rings is 2. The third-order valence-electron chi connectivity index (χ3n) is 4.61. The molecule has 0 atom stereocenters. The number of phenols is 1. The third kappa shape index (κ3) is 2.65. The highest BCUT2D eigenvalue weighted by Gasteiger charge is 2.23. The van der Waals surface area contributed by atoms with E-state index >= 15 is 0 Å². The zero-order valence-corrected chi connectivity index (χ0v) is 12.2. The van der Waals surface area contributed by atoms with Crippen molar-refractivity contribution in [3.63, 3.8) is 0 Å². The molecular formula is C17H24N2O+2. The van der Waals surface area contributed by atoms with Gasteiger partial charge in [0.15, 0.2) is 0 Å². The molecule has 1 saturated heterocycles. The van der Waals surface area contributed by atoms with Crippen LogP contribution in [0.2, 0.25) is 0 Å².